The highest BCUT2D eigenvalue weighted by Crippen LogP contribution is 2.39. The third kappa shape index (κ3) is 3.29. The van der Waals surface area contributed by atoms with Gasteiger partial charge in [0.05, 0.1) is 12.2 Å². The minimum atomic E-state index is -0.193. The first-order valence-corrected chi connectivity index (χ1v) is 9.02. The van der Waals surface area contributed by atoms with Crippen molar-refractivity contribution in [3.05, 3.63) is 45.8 Å². The molecule has 0 unspecified atom stereocenters. The first-order chi connectivity index (χ1) is 11.6. The predicted octanol–water partition coefficient (Wildman–Crippen LogP) is 4.40. The van der Waals surface area contributed by atoms with Gasteiger partial charge in [0.1, 0.15) is 16.8 Å². The Balaban J connectivity index is 1.80. The second kappa shape index (κ2) is 7.06. The van der Waals surface area contributed by atoms with E-state index in [-0.39, 0.29) is 5.91 Å². The van der Waals surface area contributed by atoms with E-state index in [4.69, 9.17) is 4.74 Å². The van der Waals surface area contributed by atoms with E-state index in [0.29, 0.717) is 28.7 Å². The number of amides is 1. The van der Waals surface area contributed by atoms with Crippen LogP contribution >= 0.6 is 11.3 Å². The molecule has 0 spiro atoms. The molecule has 4 nitrogen and oxygen atoms in total. The van der Waals surface area contributed by atoms with Crippen LogP contribution in [0.2, 0.25) is 0 Å². The van der Waals surface area contributed by atoms with E-state index >= 15 is 0 Å². The average molecular weight is 340 g/mol. The summed E-state index contributed by atoms with van der Waals surface area (Å²) >= 11 is 1.55. The van der Waals surface area contributed by atoms with Crippen LogP contribution < -0.4 is 10.1 Å². The number of benzene rings is 1. The van der Waals surface area contributed by atoms with Crippen LogP contribution in [0, 0.1) is 17.2 Å². The number of rotatable bonds is 4. The van der Waals surface area contributed by atoms with Crippen molar-refractivity contribution in [3.63, 3.8) is 0 Å². The molecular weight excluding hydrogens is 320 g/mol. The molecule has 0 aliphatic heterocycles. The van der Waals surface area contributed by atoms with Gasteiger partial charge in [0.2, 0.25) is 0 Å². The number of hydrogen-bond acceptors (Lipinski definition) is 4. The Morgan fingerprint density at radius 2 is 2.17 bits per heavy atom. The molecule has 2 aromatic rings. The summed E-state index contributed by atoms with van der Waals surface area (Å²) in [5.41, 5.74) is 2.32. The van der Waals surface area contributed by atoms with Gasteiger partial charge in [-0.25, -0.2) is 0 Å². The summed E-state index contributed by atoms with van der Waals surface area (Å²) in [5.74, 6) is 1.19. The summed E-state index contributed by atoms with van der Waals surface area (Å²) in [5, 5.41) is 13.1. The van der Waals surface area contributed by atoms with Crippen molar-refractivity contribution in [2.45, 2.75) is 33.1 Å². The molecule has 1 heterocycles. The highest BCUT2D eigenvalue weighted by Gasteiger charge is 2.24. The number of ether oxygens (including phenoxy) is 1. The van der Waals surface area contributed by atoms with Gasteiger partial charge in [-0.05, 0) is 61.9 Å². The third-order valence-corrected chi connectivity index (χ3v) is 5.45. The summed E-state index contributed by atoms with van der Waals surface area (Å²) in [6.45, 7) is 4.74. The van der Waals surface area contributed by atoms with Gasteiger partial charge in [-0.1, -0.05) is 6.92 Å². The lowest BCUT2D eigenvalue weighted by Crippen LogP contribution is -2.12. The Morgan fingerprint density at radius 1 is 1.42 bits per heavy atom. The van der Waals surface area contributed by atoms with Gasteiger partial charge in [-0.3, -0.25) is 4.79 Å². The molecule has 5 heteroatoms. The maximum Gasteiger partial charge on any atom is 0.256 e. The normalized spacial score (nSPS) is 16.1. The molecule has 1 atom stereocenters. The highest BCUT2D eigenvalue weighted by molar-refractivity contribution is 7.16. The molecule has 124 valence electrons. The van der Waals surface area contributed by atoms with E-state index in [1.54, 1.807) is 35.6 Å². The molecule has 0 bridgehead atoms. The Bertz CT molecular complexity index is 787. The SMILES string of the molecule is CCOc1ccc(C(=O)Nc2sc3c(c2C#N)CC[C@H](C)C3)cc1. The zero-order valence-electron chi connectivity index (χ0n) is 13.9. The van der Waals surface area contributed by atoms with Gasteiger partial charge in [0.25, 0.3) is 5.91 Å². The smallest absolute Gasteiger partial charge is 0.256 e. The lowest BCUT2D eigenvalue weighted by atomic mass is 9.88. The molecule has 0 radical (unpaired) electrons. The zero-order chi connectivity index (χ0) is 17.1. The van der Waals surface area contributed by atoms with E-state index < -0.39 is 0 Å². The number of nitrogens with one attached hydrogen (secondary N) is 1. The fourth-order valence-electron chi connectivity index (χ4n) is 3.00. The Hall–Kier alpha value is -2.32. The number of nitrogens with zero attached hydrogens (tertiary/aromatic N) is 1. The molecular formula is C19H20N2O2S. The average Bonchev–Trinajstić information content (AvgIpc) is 2.91. The number of hydrogen-bond donors (Lipinski definition) is 1. The van der Waals surface area contributed by atoms with Crippen LogP contribution in [0.4, 0.5) is 5.00 Å². The van der Waals surface area contributed by atoms with Gasteiger partial charge in [0, 0.05) is 10.4 Å². The summed E-state index contributed by atoms with van der Waals surface area (Å²) < 4.78 is 5.39. The zero-order valence-corrected chi connectivity index (χ0v) is 14.7. The van der Waals surface area contributed by atoms with Crippen molar-refractivity contribution in [2.24, 2.45) is 5.92 Å². The second-order valence-electron chi connectivity index (χ2n) is 6.08. The van der Waals surface area contributed by atoms with Crippen molar-refractivity contribution in [2.75, 3.05) is 11.9 Å². The molecule has 0 saturated carbocycles. The first kappa shape index (κ1) is 16.5. The summed E-state index contributed by atoms with van der Waals surface area (Å²) in [7, 11) is 0. The van der Waals surface area contributed by atoms with Gasteiger partial charge in [-0.2, -0.15) is 5.26 Å². The van der Waals surface area contributed by atoms with Gasteiger partial charge in [0.15, 0.2) is 0 Å². The van der Waals surface area contributed by atoms with E-state index in [1.165, 1.54) is 4.88 Å². The Labute approximate surface area is 146 Å². The van der Waals surface area contributed by atoms with Crippen molar-refractivity contribution in [1.29, 1.82) is 5.26 Å². The Morgan fingerprint density at radius 3 is 2.83 bits per heavy atom. The topological polar surface area (TPSA) is 62.1 Å². The molecule has 0 saturated heterocycles. The lowest BCUT2D eigenvalue weighted by molar-refractivity contribution is 0.102. The van der Waals surface area contributed by atoms with Crippen LogP contribution in [0.15, 0.2) is 24.3 Å². The minimum Gasteiger partial charge on any atom is -0.494 e. The van der Waals surface area contributed by atoms with E-state index in [9.17, 15) is 10.1 Å². The van der Waals surface area contributed by atoms with Crippen molar-refractivity contribution in [1.82, 2.24) is 0 Å². The predicted molar refractivity (Wildman–Crippen MR) is 95.8 cm³/mol. The van der Waals surface area contributed by atoms with Crippen LogP contribution in [-0.2, 0) is 12.8 Å². The number of carbonyl (C=O) groups is 1. The number of carbonyl (C=O) groups excluding carboxylic acids is 1. The van der Waals surface area contributed by atoms with Crippen LogP contribution in [-0.4, -0.2) is 12.5 Å². The third-order valence-electron chi connectivity index (χ3n) is 4.28. The molecule has 3 rings (SSSR count). The maximum absolute atomic E-state index is 12.5. The minimum absolute atomic E-state index is 0.193. The van der Waals surface area contributed by atoms with Crippen molar-refractivity contribution in [3.8, 4) is 11.8 Å². The van der Waals surface area contributed by atoms with E-state index in [2.05, 4.69) is 18.3 Å². The molecule has 1 amide bonds. The van der Waals surface area contributed by atoms with Gasteiger partial charge >= 0.3 is 0 Å². The van der Waals surface area contributed by atoms with Crippen LogP contribution in [0.3, 0.4) is 0 Å². The van der Waals surface area contributed by atoms with E-state index in [0.717, 1.165) is 30.6 Å². The molecule has 24 heavy (non-hydrogen) atoms. The fourth-order valence-corrected chi connectivity index (χ4v) is 4.36. The van der Waals surface area contributed by atoms with Crippen LogP contribution in [0.25, 0.3) is 0 Å². The molecule has 1 aromatic carbocycles. The van der Waals surface area contributed by atoms with Gasteiger partial charge < -0.3 is 10.1 Å². The van der Waals surface area contributed by atoms with Gasteiger partial charge in [-0.15, -0.1) is 11.3 Å². The first-order valence-electron chi connectivity index (χ1n) is 8.21. The standard InChI is InChI=1S/C19H20N2O2S/c1-3-23-14-7-5-13(6-8-14)18(22)21-19-16(11-20)15-9-4-12(2)10-17(15)24-19/h5-8,12H,3-4,9-10H2,1-2H3,(H,21,22)/t12-/m0/s1. The number of anilines is 1. The fraction of sp³-hybridized carbons (Fsp3) is 0.368. The van der Waals surface area contributed by atoms with Crippen molar-refractivity contribution < 1.29 is 9.53 Å². The highest BCUT2D eigenvalue weighted by atomic mass is 32.1. The molecule has 1 aromatic heterocycles. The van der Waals surface area contributed by atoms with E-state index in [1.807, 2.05) is 6.92 Å². The van der Waals surface area contributed by atoms with Crippen molar-refractivity contribution >= 4 is 22.2 Å². The number of fused-ring (bicyclic) bond motifs is 1. The maximum atomic E-state index is 12.5. The molecule has 1 aliphatic rings. The second-order valence-corrected chi connectivity index (χ2v) is 7.18. The lowest BCUT2D eigenvalue weighted by Gasteiger charge is -2.17. The summed E-state index contributed by atoms with van der Waals surface area (Å²) in [6, 6.07) is 9.32. The quantitative estimate of drug-likeness (QED) is 0.897. The summed E-state index contributed by atoms with van der Waals surface area (Å²) in [6.07, 6.45) is 3.02. The molecule has 0 fully saturated rings. The number of nitriles is 1. The summed E-state index contributed by atoms with van der Waals surface area (Å²) in [4.78, 5) is 13.7. The largest absolute Gasteiger partial charge is 0.494 e. The van der Waals surface area contributed by atoms with Crippen LogP contribution in [0.1, 0.15) is 46.6 Å². The number of thiophene rings is 1. The Kier molecular flexibility index (Phi) is 4.86. The molecule has 1 N–H and O–H groups in total. The molecule has 1 aliphatic carbocycles. The monoisotopic (exact) mass is 340 g/mol. The van der Waals surface area contributed by atoms with Crippen LogP contribution in [0.5, 0.6) is 5.75 Å².